The lowest BCUT2D eigenvalue weighted by Crippen LogP contribution is -2.19. The Kier molecular flexibility index (Phi) is 5.22. The van der Waals surface area contributed by atoms with Gasteiger partial charge in [-0.1, -0.05) is 12.2 Å². The first-order valence-electron chi connectivity index (χ1n) is 5.51. The second kappa shape index (κ2) is 6.45. The summed E-state index contributed by atoms with van der Waals surface area (Å²) in [6.07, 6.45) is 2.04. The number of nitrogens with one attached hydrogen (secondary N) is 1. The summed E-state index contributed by atoms with van der Waals surface area (Å²) in [7, 11) is 1.94. The van der Waals surface area contributed by atoms with E-state index in [2.05, 4.69) is 17.0 Å². The standard InChI is InChI=1S/C12H21N3O/c1-10(2)9-16-6-5-13-7-12-8-15(4)14-11(12)3/h8,13H,1,5-7,9H2,2-4H3. The number of hydrogen-bond acceptors (Lipinski definition) is 3. The Morgan fingerprint density at radius 1 is 1.62 bits per heavy atom. The minimum atomic E-state index is 0.646. The van der Waals surface area contributed by atoms with Gasteiger partial charge < -0.3 is 10.1 Å². The summed E-state index contributed by atoms with van der Waals surface area (Å²) in [6, 6.07) is 0. The molecule has 0 spiro atoms. The first-order valence-corrected chi connectivity index (χ1v) is 5.51. The molecule has 0 unspecified atom stereocenters. The van der Waals surface area contributed by atoms with Gasteiger partial charge in [0.2, 0.25) is 0 Å². The van der Waals surface area contributed by atoms with Crippen LogP contribution in [0.1, 0.15) is 18.2 Å². The fraction of sp³-hybridized carbons (Fsp3) is 0.583. The summed E-state index contributed by atoms with van der Waals surface area (Å²) in [5.41, 5.74) is 3.38. The molecule has 0 saturated heterocycles. The summed E-state index contributed by atoms with van der Waals surface area (Å²) in [6.45, 7) is 10.8. The van der Waals surface area contributed by atoms with Crippen molar-refractivity contribution in [3.8, 4) is 0 Å². The fourth-order valence-electron chi connectivity index (χ4n) is 1.44. The normalized spacial score (nSPS) is 10.7. The SMILES string of the molecule is C=C(C)COCCNCc1cn(C)nc1C. The highest BCUT2D eigenvalue weighted by Crippen LogP contribution is 2.03. The van der Waals surface area contributed by atoms with Crippen LogP contribution in [-0.2, 0) is 18.3 Å². The largest absolute Gasteiger partial charge is 0.376 e. The molecule has 1 rings (SSSR count). The highest BCUT2D eigenvalue weighted by atomic mass is 16.5. The van der Waals surface area contributed by atoms with Crippen molar-refractivity contribution in [1.82, 2.24) is 15.1 Å². The van der Waals surface area contributed by atoms with Crippen LogP contribution in [0, 0.1) is 6.92 Å². The Labute approximate surface area is 97.3 Å². The van der Waals surface area contributed by atoms with Crippen molar-refractivity contribution in [2.75, 3.05) is 19.8 Å². The van der Waals surface area contributed by atoms with E-state index in [0.717, 1.165) is 24.4 Å². The average Bonchev–Trinajstić information content (AvgIpc) is 2.50. The molecule has 0 atom stereocenters. The van der Waals surface area contributed by atoms with Gasteiger partial charge >= 0.3 is 0 Å². The molecule has 0 aliphatic rings. The maximum atomic E-state index is 5.39. The summed E-state index contributed by atoms with van der Waals surface area (Å²) in [5, 5.41) is 7.60. The van der Waals surface area contributed by atoms with Gasteiger partial charge in [-0.15, -0.1) is 0 Å². The maximum absolute atomic E-state index is 5.39. The summed E-state index contributed by atoms with van der Waals surface area (Å²) >= 11 is 0. The van der Waals surface area contributed by atoms with Crippen LogP contribution in [0.2, 0.25) is 0 Å². The molecule has 4 heteroatoms. The zero-order chi connectivity index (χ0) is 12.0. The van der Waals surface area contributed by atoms with E-state index in [0.29, 0.717) is 13.2 Å². The average molecular weight is 223 g/mol. The second-order valence-corrected chi connectivity index (χ2v) is 4.10. The van der Waals surface area contributed by atoms with Gasteiger partial charge in [-0.25, -0.2) is 0 Å². The molecule has 90 valence electrons. The van der Waals surface area contributed by atoms with Crippen LogP contribution in [-0.4, -0.2) is 29.5 Å². The van der Waals surface area contributed by atoms with Crippen LogP contribution in [0.5, 0.6) is 0 Å². The highest BCUT2D eigenvalue weighted by molar-refractivity contribution is 5.14. The molecule has 0 aromatic carbocycles. The van der Waals surface area contributed by atoms with E-state index in [1.807, 2.05) is 31.8 Å². The Morgan fingerprint density at radius 3 is 2.94 bits per heavy atom. The van der Waals surface area contributed by atoms with Crippen molar-refractivity contribution in [2.45, 2.75) is 20.4 Å². The number of rotatable bonds is 7. The molecule has 1 heterocycles. The molecule has 1 aromatic rings. The molecule has 0 amide bonds. The molecule has 1 aromatic heterocycles. The second-order valence-electron chi connectivity index (χ2n) is 4.10. The van der Waals surface area contributed by atoms with Gasteiger partial charge in [0.15, 0.2) is 0 Å². The van der Waals surface area contributed by atoms with Crippen LogP contribution in [0.25, 0.3) is 0 Å². The van der Waals surface area contributed by atoms with Gasteiger partial charge in [-0.3, -0.25) is 4.68 Å². The van der Waals surface area contributed by atoms with Crippen LogP contribution >= 0.6 is 0 Å². The van der Waals surface area contributed by atoms with Crippen LogP contribution < -0.4 is 5.32 Å². The van der Waals surface area contributed by atoms with Gasteiger partial charge in [0, 0.05) is 31.9 Å². The quantitative estimate of drug-likeness (QED) is 0.561. The first-order chi connectivity index (χ1) is 7.59. The summed E-state index contributed by atoms with van der Waals surface area (Å²) in [5.74, 6) is 0. The van der Waals surface area contributed by atoms with Crippen molar-refractivity contribution in [1.29, 1.82) is 0 Å². The lowest BCUT2D eigenvalue weighted by atomic mass is 10.2. The topological polar surface area (TPSA) is 39.1 Å². The van der Waals surface area contributed by atoms with Gasteiger partial charge in [0.1, 0.15) is 0 Å². The summed E-state index contributed by atoms with van der Waals surface area (Å²) < 4.78 is 7.22. The molecule has 0 bridgehead atoms. The fourth-order valence-corrected chi connectivity index (χ4v) is 1.44. The first kappa shape index (κ1) is 12.9. The monoisotopic (exact) mass is 223 g/mol. The maximum Gasteiger partial charge on any atom is 0.0672 e. The smallest absolute Gasteiger partial charge is 0.0672 e. The molecule has 0 radical (unpaired) electrons. The number of hydrogen-bond donors (Lipinski definition) is 1. The van der Waals surface area contributed by atoms with Crippen LogP contribution in [0.4, 0.5) is 0 Å². The third-order valence-corrected chi connectivity index (χ3v) is 2.20. The molecule has 0 aliphatic carbocycles. The number of aryl methyl sites for hydroxylation is 2. The minimum absolute atomic E-state index is 0.646. The summed E-state index contributed by atoms with van der Waals surface area (Å²) in [4.78, 5) is 0. The molecule has 0 aliphatic heterocycles. The highest BCUT2D eigenvalue weighted by Gasteiger charge is 2.01. The number of nitrogens with zero attached hydrogens (tertiary/aromatic N) is 2. The third kappa shape index (κ3) is 4.59. The third-order valence-electron chi connectivity index (χ3n) is 2.20. The van der Waals surface area contributed by atoms with Crippen molar-refractivity contribution in [2.24, 2.45) is 7.05 Å². The van der Waals surface area contributed by atoms with Crippen LogP contribution in [0.15, 0.2) is 18.3 Å². The van der Waals surface area contributed by atoms with Gasteiger partial charge in [-0.05, 0) is 13.8 Å². The Morgan fingerprint density at radius 2 is 2.38 bits per heavy atom. The van der Waals surface area contributed by atoms with Gasteiger partial charge in [-0.2, -0.15) is 5.10 Å². The van der Waals surface area contributed by atoms with E-state index in [4.69, 9.17) is 4.74 Å². The Bertz CT molecular complexity index is 344. The molecular weight excluding hydrogens is 202 g/mol. The van der Waals surface area contributed by atoms with Crippen molar-refractivity contribution >= 4 is 0 Å². The van der Waals surface area contributed by atoms with Gasteiger partial charge in [0.05, 0.1) is 18.9 Å². The van der Waals surface area contributed by atoms with E-state index in [-0.39, 0.29) is 0 Å². The van der Waals surface area contributed by atoms with Crippen molar-refractivity contribution < 1.29 is 4.74 Å². The van der Waals surface area contributed by atoms with E-state index >= 15 is 0 Å². The molecule has 16 heavy (non-hydrogen) atoms. The van der Waals surface area contributed by atoms with Crippen LogP contribution in [0.3, 0.4) is 0 Å². The molecular formula is C12H21N3O. The molecule has 0 fully saturated rings. The molecule has 4 nitrogen and oxygen atoms in total. The van der Waals surface area contributed by atoms with E-state index < -0.39 is 0 Å². The molecule has 0 saturated carbocycles. The Balaban J connectivity index is 2.11. The lowest BCUT2D eigenvalue weighted by molar-refractivity contribution is 0.157. The zero-order valence-corrected chi connectivity index (χ0v) is 10.4. The Hall–Kier alpha value is -1.13. The van der Waals surface area contributed by atoms with E-state index in [1.54, 1.807) is 0 Å². The minimum Gasteiger partial charge on any atom is -0.376 e. The van der Waals surface area contributed by atoms with Crippen molar-refractivity contribution in [3.05, 3.63) is 29.6 Å². The number of ether oxygens (including phenoxy) is 1. The molecule has 1 N–H and O–H groups in total. The zero-order valence-electron chi connectivity index (χ0n) is 10.4. The van der Waals surface area contributed by atoms with E-state index in [1.165, 1.54) is 5.56 Å². The predicted octanol–water partition coefficient (Wildman–Crippen LogP) is 1.41. The van der Waals surface area contributed by atoms with Gasteiger partial charge in [0.25, 0.3) is 0 Å². The number of aromatic nitrogens is 2. The van der Waals surface area contributed by atoms with Crippen molar-refractivity contribution in [3.63, 3.8) is 0 Å². The van der Waals surface area contributed by atoms with E-state index in [9.17, 15) is 0 Å². The lowest BCUT2D eigenvalue weighted by Gasteiger charge is -2.05. The predicted molar refractivity (Wildman–Crippen MR) is 65.3 cm³/mol.